The van der Waals surface area contributed by atoms with E-state index in [-0.39, 0.29) is 30.1 Å². The van der Waals surface area contributed by atoms with Crippen molar-refractivity contribution in [1.82, 2.24) is 25.5 Å². The van der Waals surface area contributed by atoms with Crippen molar-refractivity contribution in [3.05, 3.63) is 60.1 Å². The highest BCUT2D eigenvalue weighted by Crippen LogP contribution is 2.41. The molecule has 1 fully saturated rings. The predicted molar refractivity (Wildman–Crippen MR) is 93.7 cm³/mol. The van der Waals surface area contributed by atoms with Crippen LogP contribution in [0.5, 0.6) is 0 Å². The van der Waals surface area contributed by atoms with E-state index in [9.17, 15) is 9.18 Å². The van der Waals surface area contributed by atoms with E-state index in [1.165, 1.54) is 24.5 Å². The molecule has 1 saturated carbocycles. The zero-order chi connectivity index (χ0) is 18.7. The number of carbonyl (C=O) groups excluding carboxylic acids is 1. The van der Waals surface area contributed by atoms with Gasteiger partial charge in [-0.15, -0.1) is 10.2 Å². The van der Waals surface area contributed by atoms with Crippen molar-refractivity contribution in [1.29, 1.82) is 0 Å². The fourth-order valence-corrected chi connectivity index (χ4v) is 3.56. The maximum Gasteiger partial charge on any atom is 0.267 e. The normalized spacial score (nSPS) is 15.6. The molecule has 2 heterocycles. The Morgan fingerprint density at radius 1 is 1.15 bits per heavy atom. The number of hydrogen-bond donors (Lipinski definition) is 1. The Morgan fingerprint density at radius 3 is 2.63 bits per heavy atom. The second kappa shape index (κ2) is 7.22. The molecule has 1 amide bonds. The third-order valence-corrected chi connectivity index (χ3v) is 4.94. The summed E-state index contributed by atoms with van der Waals surface area (Å²) in [5.74, 6) is 0.123. The number of benzene rings is 1. The molecule has 0 unspecified atom stereocenters. The Bertz CT molecular complexity index is 921. The number of amides is 1. The van der Waals surface area contributed by atoms with E-state index in [1.54, 1.807) is 18.3 Å². The molecule has 138 valence electrons. The van der Waals surface area contributed by atoms with Gasteiger partial charge in [-0.05, 0) is 30.5 Å². The van der Waals surface area contributed by atoms with Crippen molar-refractivity contribution in [2.75, 3.05) is 0 Å². The third kappa shape index (κ3) is 3.42. The lowest BCUT2D eigenvalue weighted by Crippen LogP contribution is -2.42. The van der Waals surface area contributed by atoms with E-state index >= 15 is 0 Å². The molecule has 0 spiro atoms. The van der Waals surface area contributed by atoms with Gasteiger partial charge in [0.05, 0.1) is 18.2 Å². The first-order valence-electron chi connectivity index (χ1n) is 8.80. The van der Waals surface area contributed by atoms with Crippen molar-refractivity contribution < 1.29 is 13.6 Å². The molecule has 1 aliphatic carbocycles. The number of hydrogen-bond acceptors (Lipinski definition) is 6. The molecule has 0 aliphatic heterocycles. The summed E-state index contributed by atoms with van der Waals surface area (Å²) in [4.78, 5) is 21.0. The van der Waals surface area contributed by atoms with Crippen molar-refractivity contribution >= 4 is 5.91 Å². The summed E-state index contributed by atoms with van der Waals surface area (Å²) in [6.45, 7) is 0.120. The number of nitrogens with one attached hydrogen (secondary N) is 1. The standard InChI is InChI=1S/C19H18FN5O2/c20-14-5-3-13(4-6-14)19(7-1-2-8-19)18(26)23-12-16-24-25-17(27-16)15-11-21-9-10-22-15/h3-6,9-11H,1-2,7-8,12H2,(H,23,26). The molecule has 2 aromatic heterocycles. The second-order valence-electron chi connectivity index (χ2n) is 6.57. The molecule has 1 aromatic carbocycles. The Hall–Kier alpha value is -3.16. The van der Waals surface area contributed by atoms with Crippen LogP contribution in [0.25, 0.3) is 11.6 Å². The van der Waals surface area contributed by atoms with Crippen LogP contribution in [0.1, 0.15) is 37.1 Å². The first-order chi connectivity index (χ1) is 13.2. The minimum atomic E-state index is -0.637. The molecule has 3 aromatic rings. The third-order valence-electron chi connectivity index (χ3n) is 4.94. The van der Waals surface area contributed by atoms with Crippen LogP contribution >= 0.6 is 0 Å². The average Bonchev–Trinajstić information content (AvgIpc) is 3.38. The zero-order valence-corrected chi connectivity index (χ0v) is 14.6. The molecule has 1 N–H and O–H groups in total. The molecule has 0 bridgehead atoms. The topological polar surface area (TPSA) is 93.8 Å². The number of halogens is 1. The lowest BCUT2D eigenvalue weighted by atomic mass is 9.78. The molecule has 27 heavy (non-hydrogen) atoms. The van der Waals surface area contributed by atoms with Crippen LogP contribution in [-0.2, 0) is 16.8 Å². The van der Waals surface area contributed by atoms with E-state index in [2.05, 4.69) is 25.5 Å². The van der Waals surface area contributed by atoms with Gasteiger partial charge in [-0.1, -0.05) is 25.0 Å². The minimum Gasteiger partial charge on any atom is -0.417 e. The van der Waals surface area contributed by atoms with Crippen LogP contribution in [0.2, 0.25) is 0 Å². The fraction of sp³-hybridized carbons (Fsp3) is 0.316. The molecule has 4 rings (SSSR count). The highest BCUT2D eigenvalue weighted by atomic mass is 19.1. The van der Waals surface area contributed by atoms with E-state index in [4.69, 9.17) is 4.42 Å². The van der Waals surface area contributed by atoms with Gasteiger partial charge < -0.3 is 9.73 Å². The van der Waals surface area contributed by atoms with Gasteiger partial charge in [-0.25, -0.2) is 9.37 Å². The van der Waals surface area contributed by atoms with E-state index in [1.807, 2.05) is 0 Å². The summed E-state index contributed by atoms with van der Waals surface area (Å²) >= 11 is 0. The Labute approximate surface area is 155 Å². The molecule has 8 heteroatoms. The Morgan fingerprint density at radius 2 is 1.93 bits per heavy atom. The van der Waals surface area contributed by atoms with E-state index < -0.39 is 5.41 Å². The summed E-state index contributed by atoms with van der Waals surface area (Å²) in [6.07, 6.45) is 8.01. The SMILES string of the molecule is O=C(NCc1nnc(-c2cnccn2)o1)C1(c2ccc(F)cc2)CCCC1. The highest BCUT2D eigenvalue weighted by molar-refractivity contribution is 5.88. The summed E-state index contributed by atoms with van der Waals surface area (Å²) in [5, 5.41) is 10.8. The Balaban J connectivity index is 1.48. The largest absolute Gasteiger partial charge is 0.417 e. The fourth-order valence-electron chi connectivity index (χ4n) is 3.56. The summed E-state index contributed by atoms with van der Waals surface area (Å²) in [6, 6.07) is 6.18. The van der Waals surface area contributed by atoms with Gasteiger partial charge in [0.15, 0.2) is 0 Å². The minimum absolute atomic E-state index is 0.106. The Kier molecular flexibility index (Phi) is 4.62. The molecule has 0 atom stereocenters. The van der Waals surface area contributed by atoms with Gasteiger partial charge >= 0.3 is 0 Å². The van der Waals surface area contributed by atoms with E-state index in [0.29, 0.717) is 5.69 Å². The van der Waals surface area contributed by atoms with Crippen molar-refractivity contribution in [3.63, 3.8) is 0 Å². The monoisotopic (exact) mass is 367 g/mol. The van der Waals surface area contributed by atoms with Crippen LogP contribution < -0.4 is 5.32 Å². The summed E-state index contributed by atoms with van der Waals surface area (Å²) < 4.78 is 18.8. The molecular weight excluding hydrogens is 349 g/mol. The maximum absolute atomic E-state index is 13.3. The van der Waals surface area contributed by atoms with Gasteiger partial charge in [0, 0.05) is 12.4 Å². The predicted octanol–water partition coefficient (Wildman–Crippen LogP) is 2.79. The lowest BCUT2D eigenvalue weighted by Gasteiger charge is -2.28. The zero-order valence-electron chi connectivity index (χ0n) is 14.6. The van der Waals surface area contributed by atoms with Crippen molar-refractivity contribution in [3.8, 4) is 11.6 Å². The number of nitrogens with zero attached hydrogens (tertiary/aromatic N) is 4. The molecular formula is C19H18FN5O2. The first kappa shape index (κ1) is 17.3. The molecule has 0 saturated heterocycles. The lowest BCUT2D eigenvalue weighted by molar-refractivity contribution is -0.126. The number of rotatable bonds is 5. The maximum atomic E-state index is 13.3. The van der Waals surface area contributed by atoms with Gasteiger partial charge in [0.2, 0.25) is 11.8 Å². The van der Waals surface area contributed by atoms with Gasteiger partial charge in [0.1, 0.15) is 11.5 Å². The highest BCUT2D eigenvalue weighted by Gasteiger charge is 2.42. The summed E-state index contributed by atoms with van der Waals surface area (Å²) in [7, 11) is 0. The second-order valence-corrected chi connectivity index (χ2v) is 6.57. The van der Waals surface area contributed by atoms with Crippen molar-refractivity contribution in [2.24, 2.45) is 0 Å². The van der Waals surface area contributed by atoms with Gasteiger partial charge in [-0.3, -0.25) is 9.78 Å². The number of carbonyl (C=O) groups is 1. The van der Waals surface area contributed by atoms with Gasteiger partial charge in [-0.2, -0.15) is 0 Å². The molecule has 0 radical (unpaired) electrons. The van der Waals surface area contributed by atoms with Crippen LogP contribution in [0, 0.1) is 5.82 Å². The van der Waals surface area contributed by atoms with Crippen LogP contribution in [-0.4, -0.2) is 26.1 Å². The van der Waals surface area contributed by atoms with Crippen LogP contribution in [0.3, 0.4) is 0 Å². The molecule has 1 aliphatic rings. The molecule has 7 nitrogen and oxygen atoms in total. The van der Waals surface area contributed by atoms with Crippen molar-refractivity contribution in [2.45, 2.75) is 37.6 Å². The van der Waals surface area contributed by atoms with Crippen LogP contribution in [0.15, 0.2) is 47.3 Å². The van der Waals surface area contributed by atoms with E-state index in [0.717, 1.165) is 31.2 Å². The van der Waals surface area contributed by atoms with Crippen LogP contribution in [0.4, 0.5) is 4.39 Å². The smallest absolute Gasteiger partial charge is 0.267 e. The average molecular weight is 367 g/mol. The summed E-state index contributed by atoms with van der Waals surface area (Å²) in [5.41, 5.74) is 0.674. The van der Waals surface area contributed by atoms with Gasteiger partial charge in [0.25, 0.3) is 5.89 Å². The first-order valence-corrected chi connectivity index (χ1v) is 8.80. The quantitative estimate of drug-likeness (QED) is 0.745. The number of aromatic nitrogens is 4.